The van der Waals surface area contributed by atoms with Gasteiger partial charge in [-0.1, -0.05) is 5.16 Å². The molecular formula is C24H22Br2N6O8. The van der Waals surface area contributed by atoms with Crippen molar-refractivity contribution < 1.29 is 34.8 Å². The van der Waals surface area contributed by atoms with Crippen LogP contribution in [-0.2, 0) is 20.8 Å². The van der Waals surface area contributed by atoms with Gasteiger partial charge in [0.15, 0.2) is 17.3 Å². The van der Waals surface area contributed by atoms with Gasteiger partial charge in [0.1, 0.15) is 29.1 Å². The van der Waals surface area contributed by atoms with E-state index in [9.17, 15) is 30.0 Å². The zero-order chi connectivity index (χ0) is 28.9. The van der Waals surface area contributed by atoms with Gasteiger partial charge in [-0.3, -0.25) is 9.59 Å². The van der Waals surface area contributed by atoms with Gasteiger partial charge in [-0.2, -0.15) is 0 Å². The third-order valence-corrected chi connectivity index (χ3v) is 7.93. The fourth-order valence-corrected chi connectivity index (χ4v) is 6.39. The molecule has 3 aromatic rings. The van der Waals surface area contributed by atoms with Crippen molar-refractivity contribution in [2.24, 2.45) is 5.16 Å². The summed E-state index contributed by atoms with van der Waals surface area (Å²) in [5.41, 5.74) is 4.16. The molecule has 40 heavy (non-hydrogen) atoms. The van der Waals surface area contributed by atoms with Crippen LogP contribution in [0.3, 0.4) is 0 Å². The number of fused-ring (bicyclic) bond motifs is 1. The number of methoxy groups -OCH3 is 1. The lowest BCUT2D eigenvalue weighted by Gasteiger charge is -2.33. The van der Waals surface area contributed by atoms with Gasteiger partial charge in [0, 0.05) is 36.8 Å². The number of carbonyl (C=O) groups is 1. The number of aromatic amines is 2. The molecule has 1 aliphatic carbocycles. The number of hydrogen-bond acceptors (Lipinski definition) is 11. The first-order valence-electron chi connectivity index (χ1n) is 11.6. The minimum atomic E-state index is -1.31. The van der Waals surface area contributed by atoms with Crippen LogP contribution < -0.4 is 16.5 Å². The summed E-state index contributed by atoms with van der Waals surface area (Å²) in [5, 5.41) is 48.1. The lowest BCUT2D eigenvalue weighted by molar-refractivity contribution is -0.114. The van der Waals surface area contributed by atoms with Crippen LogP contribution in [0.5, 0.6) is 17.2 Å². The monoisotopic (exact) mass is 680 g/mol. The number of nitrogens with two attached hydrogens (primary N) is 1. The summed E-state index contributed by atoms with van der Waals surface area (Å²) >= 11 is 6.68. The van der Waals surface area contributed by atoms with Crippen LogP contribution in [0.2, 0.25) is 0 Å². The number of hydrogen-bond donors (Lipinski definition) is 8. The molecule has 0 fully saturated rings. The van der Waals surface area contributed by atoms with Gasteiger partial charge in [-0.15, -0.1) is 0 Å². The Hall–Kier alpha value is -4.02. The van der Waals surface area contributed by atoms with Crippen molar-refractivity contribution in [1.82, 2.24) is 20.3 Å². The molecule has 16 heteroatoms. The molecule has 0 saturated carbocycles. The smallest absolute Gasteiger partial charge is 0.269 e. The largest absolute Gasteiger partial charge is 0.506 e. The van der Waals surface area contributed by atoms with Gasteiger partial charge in [0.05, 0.1) is 32.7 Å². The molecule has 0 bridgehead atoms. The molecule has 3 heterocycles. The Bertz CT molecular complexity index is 1710. The van der Waals surface area contributed by atoms with Crippen molar-refractivity contribution >= 4 is 60.3 Å². The molecule has 2 aliphatic rings. The fraction of sp³-hybridized carbons (Fsp3) is 0.250. The number of nitrogens with one attached hydrogen (secondary N) is 3. The normalized spacial score (nSPS) is 20.4. The average molecular weight is 682 g/mol. The van der Waals surface area contributed by atoms with Crippen molar-refractivity contribution in [1.29, 1.82) is 0 Å². The molecule has 1 aromatic carbocycles. The summed E-state index contributed by atoms with van der Waals surface area (Å²) in [7, 11) is 1.45. The molecule has 14 nitrogen and oxygen atoms in total. The van der Waals surface area contributed by atoms with E-state index in [1.807, 2.05) is 0 Å². The molecule has 5 rings (SSSR count). The number of H-pyrrole nitrogens is 2. The summed E-state index contributed by atoms with van der Waals surface area (Å²) in [6.45, 7) is 0.0701. The molecule has 0 radical (unpaired) electrons. The fourth-order valence-electron chi connectivity index (χ4n) is 4.60. The van der Waals surface area contributed by atoms with Gasteiger partial charge in [-0.25, -0.2) is 4.98 Å². The topological polar surface area (TPSA) is 228 Å². The van der Waals surface area contributed by atoms with Crippen molar-refractivity contribution in [3.8, 4) is 28.5 Å². The lowest BCUT2D eigenvalue weighted by Crippen LogP contribution is -2.45. The van der Waals surface area contributed by atoms with E-state index in [0.29, 0.717) is 20.4 Å². The predicted molar refractivity (Wildman–Crippen MR) is 150 cm³/mol. The first-order chi connectivity index (χ1) is 19.0. The molecule has 2 aromatic heterocycles. The van der Waals surface area contributed by atoms with Gasteiger partial charge < -0.3 is 51.0 Å². The van der Waals surface area contributed by atoms with E-state index in [4.69, 9.17) is 15.3 Å². The number of carbonyl (C=O) groups excluding carboxylic acids is 1. The van der Waals surface area contributed by atoms with Crippen LogP contribution >= 0.6 is 31.9 Å². The van der Waals surface area contributed by atoms with E-state index in [-0.39, 0.29) is 59.0 Å². The second-order valence-electron chi connectivity index (χ2n) is 9.04. The summed E-state index contributed by atoms with van der Waals surface area (Å²) in [5.74, 6) is -1.68. The Morgan fingerprint density at radius 1 is 1.32 bits per heavy atom. The van der Waals surface area contributed by atoms with Crippen LogP contribution in [0.15, 0.2) is 43.0 Å². The van der Waals surface area contributed by atoms with E-state index >= 15 is 0 Å². The van der Waals surface area contributed by atoms with E-state index in [2.05, 4.69) is 57.3 Å². The molecule has 1 unspecified atom stereocenters. The van der Waals surface area contributed by atoms with Gasteiger partial charge >= 0.3 is 0 Å². The van der Waals surface area contributed by atoms with E-state index in [0.717, 1.165) is 6.20 Å². The minimum Gasteiger partial charge on any atom is -0.506 e. The average Bonchev–Trinajstić information content (AvgIpc) is 3.50. The maximum Gasteiger partial charge on any atom is 0.269 e. The Labute approximate surface area is 241 Å². The first kappa shape index (κ1) is 27.5. The Balaban J connectivity index is 1.32. The summed E-state index contributed by atoms with van der Waals surface area (Å²) in [6, 6.07) is 1.20. The number of amides is 1. The minimum absolute atomic E-state index is 0.00616. The number of nitrogen functional groups attached to an aromatic ring is 1. The summed E-state index contributed by atoms with van der Waals surface area (Å²) < 4.78 is 6.12. The van der Waals surface area contributed by atoms with E-state index in [1.165, 1.54) is 13.2 Å². The molecule has 1 amide bonds. The van der Waals surface area contributed by atoms with E-state index in [1.54, 1.807) is 6.08 Å². The second-order valence-corrected chi connectivity index (χ2v) is 10.7. The first-order valence-corrected chi connectivity index (χ1v) is 13.2. The number of halogens is 2. The van der Waals surface area contributed by atoms with Gasteiger partial charge in [-0.05, 0) is 44.0 Å². The molecule has 9 N–H and O–H groups in total. The number of nitrogens with zero attached hydrogens (tertiary/aromatic N) is 2. The highest BCUT2D eigenvalue weighted by Gasteiger charge is 2.50. The van der Waals surface area contributed by atoms with Crippen molar-refractivity contribution in [2.75, 3.05) is 19.4 Å². The highest BCUT2D eigenvalue weighted by Crippen LogP contribution is 2.44. The lowest BCUT2D eigenvalue weighted by atomic mass is 9.87. The number of aromatic nitrogens is 3. The Morgan fingerprint density at radius 3 is 2.80 bits per heavy atom. The maximum atomic E-state index is 12.9. The third kappa shape index (κ3) is 4.47. The number of phenols is 2. The number of aliphatic hydroxyl groups is 1. The van der Waals surface area contributed by atoms with Crippen molar-refractivity contribution in [3.63, 3.8) is 0 Å². The van der Waals surface area contributed by atoms with Gasteiger partial charge in [0.2, 0.25) is 5.43 Å². The number of benzene rings is 1. The maximum absolute atomic E-state index is 12.9. The van der Waals surface area contributed by atoms with Crippen molar-refractivity contribution in [3.05, 3.63) is 49.0 Å². The molecular weight excluding hydrogens is 660 g/mol. The Kier molecular flexibility index (Phi) is 7.01. The van der Waals surface area contributed by atoms with Crippen molar-refractivity contribution in [2.45, 2.75) is 24.5 Å². The number of pyridine rings is 1. The summed E-state index contributed by atoms with van der Waals surface area (Å²) in [6.07, 6.45) is 1.55. The van der Waals surface area contributed by atoms with Crippen LogP contribution in [-0.4, -0.2) is 72.4 Å². The number of phenolic OH excluding ortho intramolecular Hbond substituents is 2. The quantitative estimate of drug-likeness (QED) is 0.176. The third-order valence-electron chi connectivity index (χ3n) is 6.55. The molecule has 0 saturated heterocycles. The number of aliphatic hydroxyl groups excluding tert-OH is 1. The SMILES string of the molecule is COC1=C(Br)[C@@H](O)C2(C=C1Br)CC(C(=O)NCCc1[nH]c(N)nc1-c1cc(O)c3[nH]cc(O)c(=O)c3c1O)=NO2. The Morgan fingerprint density at radius 2 is 2.08 bits per heavy atom. The number of imidazole rings is 1. The van der Waals surface area contributed by atoms with Gasteiger partial charge in [0.25, 0.3) is 5.91 Å². The predicted octanol–water partition coefficient (Wildman–Crippen LogP) is 1.70. The van der Waals surface area contributed by atoms with Crippen LogP contribution in [0.1, 0.15) is 12.1 Å². The standard InChI is InChI=1S/C24H22Br2N6O8/c1-39-20-9(25)5-24(21(37)15(20)26)6-11(32-40-24)22(38)28-3-2-10-16(31-23(27)30-10)8-4-12(33)17-14(18(8)35)19(36)13(34)7-29-17/h4-5,7,21,33-35,37H,2-3,6H2,1H3,(H,28,38)(H,29,36)(H3,27,30,31)/t21-,24?/m1/s1. The second kappa shape index (κ2) is 10.2. The highest BCUT2D eigenvalue weighted by molar-refractivity contribution is 9.12. The zero-order valence-corrected chi connectivity index (χ0v) is 23.8. The molecule has 2 atom stereocenters. The molecule has 210 valence electrons. The van der Waals surface area contributed by atoms with Crippen LogP contribution in [0.25, 0.3) is 22.2 Å². The van der Waals surface area contributed by atoms with E-state index < -0.39 is 34.5 Å². The highest BCUT2D eigenvalue weighted by atomic mass is 79.9. The number of oxime groups is 1. The number of anilines is 1. The number of ether oxygens (including phenoxy) is 1. The number of rotatable bonds is 6. The number of allylic oxidation sites excluding steroid dienone is 1. The van der Waals surface area contributed by atoms with Crippen LogP contribution in [0, 0.1) is 0 Å². The summed E-state index contributed by atoms with van der Waals surface area (Å²) in [4.78, 5) is 40.4. The molecule has 1 aliphatic heterocycles. The van der Waals surface area contributed by atoms with Crippen LogP contribution in [0.4, 0.5) is 5.95 Å². The number of aromatic hydroxyl groups is 3. The molecule has 1 spiro atoms. The zero-order valence-electron chi connectivity index (χ0n) is 20.6.